The average molecular weight is 445 g/mol. The number of amides is 1. The molecule has 0 saturated heterocycles. The molecule has 0 spiro atoms. The molecule has 4 rings (SSSR count). The van der Waals surface area contributed by atoms with E-state index in [9.17, 15) is 9.59 Å². The molecule has 7 nitrogen and oxygen atoms in total. The first kappa shape index (κ1) is 20.2. The second-order valence-electron chi connectivity index (χ2n) is 6.25. The van der Waals surface area contributed by atoms with Gasteiger partial charge in [0.05, 0.1) is 16.8 Å². The summed E-state index contributed by atoms with van der Waals surface area (Å²) in [6.45, 7) is 2.07. The maximum absolute atomic E-state index is 12.5. The Bertz CT molecular complexity index is 1230. The minimum Gasteiger partial charge on any atom is -0.465 e. The van der Waals surface area contributed by atoms with Gasteiger partial charge in [-0.05, 0) is 24.6 Å². The SMILES string of the molecule is CCOC(=O)Cn1c(=NC(=O)/C=C/c2ccccc2Cl)sc2cc3c(cc21)OCO3. The average Bonchev–Trinajstić information content (AvgIpc) is 3.30. The molecular formula is C21H17ClN2O5S. The Morgan fingerprint density at radius 3 is 2.80 bits per heavy atom. The van der Waals surface area contributed by atoms with Gasteiger partial charge in [0, 0.05) is 23.2 Å². The highest BCUT2D eigenvalue weighted by Crippen LogP contribution is 2.37. The molecule has 0 atom stereocenters. The van der Waals surface area contributed by atoms with Gasteiger partial charge in [0.2, 0.25) is 6.79 Å². The van der Waals surface area contributed by atoms with E-state index in [1.54, 1.807) is 35.8 Å². The molecule has 1 aliphatic heterocycles. The van der Waals surface area contributed by atoms with Gasteiger partial charge in [0.15, 0.2) is 16.3 Å². The molecule has 1 aliphatic rings. The molecule has 0 bridgehead atoms. The van der Waals surface area contributed by atoms with Gasteiger partial charge in [-0.25, -0.2) is 0 Å². The predicted molar refractivity (Wildman–Crippen MR) is 114 cm³/mol. The minimum atomic E-state index is -0.473. The van der Waals surface area contributed by atoms with E-state index in [4.69, 9.17) is 25.8 Å². The number of ether oxygens (including phenoxy) is 3. The lowest BCUT2D eigenvalue weighted by atomic mass is 10.2. The molecule has 0 unspecified atom stereocenters. The Morgan fingerprint density at radius 2 is 2.03 bits per heavy atom. The van der Waals surface area contributed by atoms with Crippen molar-refractivity contribution < 1.29 is 23.8 Å². The van der Waals surface area contributed by atoms with E-state index in [1.165, 1.54) is 17.4 Å². The fraction of sp³-hybridized carbons (Fsp3) is 0.190. The van der Waals surface area contributed by atoms with Crippen LogP contribution >= 0.6 is 22.9 Å². The van der Waals surface area contributed by atoms with Gasteiger partial charge in [-0.2, -0.15) is 4.99 Å². The number of hydrogen-bond donors (Lipinski definition) is 0. The van der Waals surface area contributed by atoms with Gasteiger partial charge in [-0.15, -0.1) is 0 Å². The fourth-order valence-corrected chi connectivity index (χ4v) is 4.18. The number of carbonyl (C=O) groups is 2. The van der Waals surface area contributed by atoms with Crippen LogP contribution in [-0.4, -0.2) is 29.8 Å². The fourth-order valence-electron chi connectivity index (χ4n) is 2.94. The molecule has 0 radical (unpaired) electrons. The number of aromatic nitrogens is 1. The van der Waals surface area contributed by atoms with Gasteiger partial charge in [0.1, 0.15) is 6.54 Å². The number of rotatable bonds is 5. The van der Waals surface area contributed by atoms with Crippen LogP contribution < -0.4 is 14.3 Å². The standard InChI is InChI=1S/C21H17ClN2O5S/c1-2-27-20(26)11-24-15-9-16-17(29-12-28-16)10-18(15)30-21(24)23-19(25)8-7-13-5-3-4-6-14(13)22/h3-10H,2,11-12H2,1H3/b8-7+,23-21?. The summed E-state index contributed by atoms with van der Waals surface area (Å²) in [4.78, 5) is 29.1. The van der Waals surface area contributed by atoms with Crippen LogP contribution in [0.5, 0.6) is 11.5 Å². The highest BCUT2D eigenvalue weighted by molar-refractivity contribution is 7.16. The second-order valence-corrected chi connectivity index (χ2v) is 7.67. The molecule has 30 heavy (non-hydrogen) atoms. The van der Waals surface area contributed by atoms with Gasteiger partial charge in [-0.1, -0.05) is 41.1 Å². The van der Waals surface area contributed by atoms with E-state index in [2.05, 4.69) is 4.99 Å². The molecular weight excluding hydrogens is 428 g/mol. The number of fused-ring (bicyclic) bond motifs is 2. The van der Waals surface area contributed by atoms with Crippen LogP contribution in [0.2, 0.25) is 5.02 Å². The molecule has 3 aromatic rings. The second kappa shape index (κ2) is 8.73. The number of carbonyl (C=O) groups excluding carboxylic acids is 2. The van der Waals surface area contributed by atoms with Crippen molar-refractivity contribution in [1.82, 2.24) is 4.57 Å². The van der Waals surface area contributed by atoms with Crippen LogP contribution in [-0.2, 0) is 20.9 Å². The van der Waals surface area contributed by atoms with E-state index >= 15 is 0 Å². The van der Waals surface area contributed by atoms with Crippen LogP contribution in [0.3, 0.4) is 0 Å². The van der Waals surface area contributed by atoms with Gasteiger partial charge in [-0.3, -0.25) is 9.59 Å². The van der Waals surface area contributed by atoms with E-state index < -0.39 is 11.9 Å². The number of halogens is 1. The predicted octanol–water partition coefficient (Wildman–Crippen LogP) is 3.79. The minimum absolute atomic E-state index is 0.0756. The van der Waals surface area contributed by atoms with Crippen LogP contribution in [0.4, 0.5) is 0 Å². The Labute approximate surface area is 180 Å². The summed E-state index contributed by atoms with van der Waals surface area (Å²) in [6.07, 6.45) is 2.94. The van der Waals surface area contributed by atoms with Crippen molar-refractivity contribution in [1.29, 1.82) is 0 Å². The molecule has 2 aromatic carbocycles. The summed E-state index contributed by atoms with van der Waals surface area (Å²) in [6, 6.07) is 10.8. The van der Waals surface area contributed by atoms with Crippen LogP contribution in [0.15, 0.2) is 47.5 Å². The third-order valence-corrected chi connectivity index (χ3v) is 5.67. The van der Waals surface area contributed by atoms with E-state index in [-0.39, 0.29) is 19.9 Å². The van der Waals surface area contributed by atoms with Crippen molar-refractivity contribution in [2.24, 2.45) is 4.99 Å². The molecule has 1 amide bonds. The summed E-state index contributed by atoms with van der Waals surface area (Å²) in [5.74, 6) is 0.299. The summed E-state index contributed by atoms with van der Waals surface area (Å²) < 4.78 is 18.4. The lowest BCUT2D eigenvalue weighted by molar-refractivity contribution is -0.143. The number of nitrogens with zero attached hydrogens (tertiary/aromatic N) is 2. The highest BCUT2D eigenvalue weighted by atomic mass is 35.5. The maximum Gasteiger partial charge on any atom is 0.326 e. The van der Waals surface area contributed by atoms with Crippen molar-refractivity contribution >= 4 is 51.1 Å². The number of thiazole rings is 1. The van der Waals surface area contributed by atoms with Crippen molar-refractivity contribution in [2.45, 2.75) is 13.5 Å². The molecule has 154 valence electrons. The zero-order valence-corrected chi connectivity index (χ0v) is 17.5. The smallest absolute Gasteiger partial charge is 0.326 e. The summed E-state index contributed by atoms with van der Waals surface area (Å²) >= 11 is 7.39. The molecule has 0 saturated carbocycles. The Kier molecular flexibility index (Phi) is 5.87. The first-order valence-electron chi connectivity index (χ1n) is 9.15. The third-order valence-electron chi connectivity index (χ3n) is 4.29. The van der Waals surface area contributed by atoms with E-state index in [1.807, 2.05) is 18.2 Å². The molecule has 0 N–H and O–H groups in total. The summed E-state index contributed by atoms with van der Waals surface area (Å²) in [7, 11) is 0. The van der Waals surface area contributed by atoms with Crippen LogP contribution in [0.1, 0.15) is 12.5 Å². The molecule has 1 aromatic heterocycles. The third kappa shape index (κ3) is 4.24. The first-order chi connectivity index (χ1) is 14.5. The highest BCUT2D eigenvalue weighted by Gasteiger charge is 2.19. The quantitative estimate of drug-likeness (QED) is 0.442. The largest absolute Gasteiger partial charge is 0.465 e. The number of benzene rings is 2. The lowest BCUT2D eigenvalue weighted by Gasteiger charge is -2.05. The van der Waals surface area contributed by atoms with Crippen molar-refractivity contribution in [3.63, 3.8) is 0 Å². The van der Waals surface area contributed by atoms with Gasteiger partial charge < -0.3 is 18.8 Å². The molecule has 2 heterocycles. The maximum atomic E-state index is 12.5. The van der Waals surface area contributed by atoms with E-state index in [0.717, 1.165) is 4.70 Å². The van der Waals surface area contributed by atoms with Crippen molar-refractivity contribution in [3.8, 4) is 11.5 Å². The summed E-state index contributed by atoms with van der Waals surface area (Å²) in [5.41, 5.74) is 1.42. The first-order valence-corrected chi connectivity index (χ1v) is 10.3. The van der Waals surface area contributed by atoms with Gasteiger partial charge in [0.25, 0.3) is 5.91 Å². The topological polar surface area (TPSA) is 79.1 Å². The zero-order valence-electron chi connectivity index (χ0n) is 16.0. The van der Waals surface area contributed by atoms with Crippen molar-refractivity contribution in [3.05, 3.63) is 57.9 Å². The number of esters is 1. The normalized spacial score (nSPS) is 13.3. The lowest BCUT2D eigenvalue weighted by Crippen LogP contribution is -2.22. The summed E-state index contributed by atoms with van der Waals surface area (Å²) in [5, 5.41) is 0.537. The monoisotopic (exact) mass is 444 g/mol. The Morgan fingerprint density at radius 1 is 1.27 bits per heavy atom. The number of hydrogen-bond acceptors (Lipinski definition) is 6. The van der Waals surface area contributed by atoms with Gasteiger partial charge >= 0.3 is 5.97 Å². The Hall–Kier alpha value is -3.10. The van der Waals surface area contributed by atoms with E-state index in [0.29, 0.717) is 32.4 Å². The van der Waals surface area contributed by atoms with Crippen LogP contribution in [0.25, 0.3) is 16.3 Å². The van der Waals surface area contributed by atoms with Crippen LogP contribution in [0, 0.1) is 0 Å². The molecule has 0 fully saturated rings. The molecule has 9 heteroatoms. The molecule has 0 aliphatic carbocycles. The zero-order chi connectivity index (χ0) is 21.1. The Balaban J connectivity index is 1.73. The van der Waals surface area contributed by atoms with Crippen molar-refractivity contribution in [2.75, 3.05) is 13.4 Å².